The lowest BCUT2D eigenvalue weighted by molar-refractivity contribution is 0.670. The fourth-order valence-electron chi connectivity index (χ4n) is 6.85. The van der Waals surface area contributed by atoms with Gasteiger partial charge in [-0.1, -0.05) is 188 Å². The molecule has 10 rings (SSSR count). The zero-order valence-corrected chi connectivity index (χ0v) is 29.1. The zero-order chi connectivity index (χ0) is 44.4. The first-order valence-electron chi connectivity index (χ1n) is 22.2. The van der Waals surface area contributed by atoms with Gasteiger partial charge < -0.3 is 4.42 Å². The Labute approximate surface area is 331 Å². The van der Waals surface area contributed by atoms with E-state index in [1.807, 2.05) is 91.0 Å². The van der Waals surface area contributed by atoms with Crippen molar-refractivity contribution in [2.75, 3.05) is 0 Å². The van der Waals surface area contributed by atoms with E-state index < -0.39 is 54.4 Å². The highest BCUT2D eigenvalue weighted by molar-refractivity contribution is 6.15. The number of fused-ring (bicyclic) bond motifs is 3. The standard InChI is InChI=1S/C51H33N3O/c1-4-13-34(14-5-1)36-25-27-37(28-26-36)38-29-31-40(32-30-38)50-52-49(39-17-8-3-9-18-39)53-51(54-50)45-23-12-24-46-47(45)44-22-11-21-43(48(44)55-46)42-20-10-19-41(33-42)35-15-6-2-7-16-35/h1-33H/i2D,6D,7D,10D,15D,16D,19D,20D,33D. The van der Waals surface area contributed by atoms with Crippen molar-refractivity contribution in [1.29, 1.82) is 0 Å². The van der Waals surface area contributed by atoms with Crippen molar-refractivity contribution in [1.82, 2.24) is 15.0 Å². The Bertz CT molecular complexity index is 3440. The van der Waals surface area contributed by atoms with E-state index in [2.05, 4.69) is 36.4 Å². The lowest BCUT2D eigenvalue weighted by atomic mass is 9.97. The Morgan fingerprint density at radius 3 is 1.55 bits per heavy atom. The number of benzene rings is 8. The van der Waals surface area contributed by atoms with Crippen molar-refractivity contribution >= 4 is 21.9 Å². The van der Waals surface area contributed by atoms with Crippen molar-refractivity contribution < 1.29 is 16.8 Å². The van der Waals surface area contributed by atoms with Gasteiger partial charge in [-0.05, 0) is 51.1 Å². The fraction of sp³-hybridized carbons (Fsp3) is 0. The molecule has 2 aromatic heterocycles. The van der Waals surface area contributed by atoms with E-state index in [-0.39, 0.29) is 27.8 Å². The van der Waals surface area contributed by atoms with Gasteiger partial charge in [0.05, 0.1) is 12.3 Å². The first-order chi connectivity index (χ1) is 31.0. The second-order valence-corrected chi connectivity index (χ2v) is 12.9. The monoisotopic (exact) mass is 712 g/mol. The molecule has 0 amide bonds. The van der Waals surface area contributed by atoms with E-state index in [1.165, 1.54) is 0 Å². The van der Waals surface area contributed by atoms with Gasteiger partial charge >= 0.3 is 0 Å². The molecule has 2 heterocycles. The molecule has 4 heteroatoms. The number of para-hydroxylation sites is 1. The van der Waals surface area contributed by atoms with Crippen molar-refractivity contribution in [2.45, 2.75) is 0 Å². The van der Waals surface area contributed by atoms with Crippen LogP contribution in [0.2, 0.25) is 0 Å². The molecule has 0 N–H and O–H groups in total. The normalized spacial score (nSPS) is 13.6. The Hall–Kier alpha value is -7.43. The third-order valence-corrected chi connectivity index (χ3v) is 9.54. The molecule has 258 valence electrons. The van der Waals surface area contributed by atoms with Crippen LogP contribution >= 0.6 is 0 Å². The fourth-order valence-corrected chi connectivity index (χ4v) is 6.85. The van der Waals surface area contributed by atoms with Gasteiger partial charge in [0.2, 0.25) is 0 Å². The molecule has 0 fully saturated rings. The van der Waals surface area contributed by atoms with E-state index >= 15 is 0 Å². The molecule has 0 saturated heterocycles. The van der Waals surface area contributed by atoms with Crippen molar-refractivity contribution in [2.24, 2.45) is 0 Å². The van der Waals surface area contributed by atoms with Gasteiger partial charge in [0.1, 0.15) is 11.2 Å². The summed E-state index contributed by atoms with van der Waals surface area (Å²) in [6.45, 7) is 0. The van der Waals surface area contributed by atoms with Gasteiger partial charge in [0.25, 0.3) is 0 Å². The first kappa shape index (κ1) is 24.0. The third kappa shape index (κ3) is 6.16. The van der Waals surface area contributed by atoms with Crippen LogP contribution in [0.25, 0.3) is 101 Å². The van der Waals surface area contributed by atoms with Gasteiger partial charge in [-0.25, -0.2) is 15.0 Å². The molecule has 0 bridgehead atoms. The van der Waals surface area contributed by atoms with Gasteiger partial charge in [0.15, 0.2) is 17.5 Å². The summed E-state index contributed by atoms with van der Waals surface area (Å²) in [5.74, 6) is 1.29. The Balaban J connectivity index is 1.11. The van der Waals surface area contributed by atoms with E-state index in [9.17, 15) is 1.37 Å². The highest BCUT2D eigenvalue weighted by Gasteiger charge is 2.20. The highest BCUT2D eigenvalue weighted by atomic mass is 16.3. The van der Waals surface area contributed by atoms with Crippen molar-refractivity contribution in [3.8, 4) is 78.7 Å². The number of aromatic nitrogens is 3. The van der Waals surface area contributed by atoms with E-state index in [0.29, 0.717) is 39.4 Å². The topological polar surface area (TPSA) is 51.8 Å². The predicted molar refractivity (Wildman–Crippen MR) is 225 cm³/mol. The van der Waals surface area contributed by atoms with Crippen molar-refractivity contribution in [3.05, 3.63) is 200 Å². The average Bonchev–Trinajstić information content (AvgIpc) is 3.73. The Kier molecular flexibility index (Phi) is 6.04. The highest BCUT2D eigenvalue weighted by Crippen LogP contribution is 2.41. The summed E-state index contributed by atoms with van der Waals surface area (Å²) in [5, 5.41) is 1.25. The summed E-state index contributed by atoms with van der Waals surface area (Å²) in [5.41, 5.74) is 6.77. The summed E-state index contributed by atoms with van der Waals surface area (Å²) in [4.78, 5) is 15.0. The summed E-state index contributed by atoms with van der Waals surface area (Å²) in [6.07, 6.45) is 0. The lowest BCUT2D eigenvalue weighted by Gasteiger charge is -2.10. The second kappa shape index (κ2) is 13.8. The minimum atomic E-state index is -0.635. The summed E-state index contributed by atoms with van der Waals surface area (Å²) >= 11 is 0. The van der Waals surface area contributed by atoms with Crippen LogP contribution in [-0.4, -0.2) is 15.0 Å². The van der Waals surface area contributed by atoms with Crippen LogP contribution in [0.4, 0.5) is 0 Å². The number of hydrogen-bond donors (Lipinski definition) is 0. The summed E-state index contributed by atoms with van der Waals surface area (Å²) < 4.78 is 84.3. The van der Waals surface area contributed by atoms with Crippen LogP contribution in [0, 0.1) is 0 Å². The quantitative estimate of drug-likeness (QED) is 0.165. The van der Waals surface area contributed by atoms with Gasteiger partial charge in [-0.3, -0.25) is 0 Å². The SMILES string of the molecule is [2H]c1c([2H])c([2H])c(-c2c([2H])c([2H])c([2H])c(-c3cccc4c3oc3cccc(-c5nc(-c6ccccc6)nc(-c6ccc(-c7ccc(-c8ccccc8)cc7)cc6)n5)c34)c2[2H])c([2H])c1[2H]. The average molecular weight is 713 g/mol. The molecule has 0 unspecified atom stereocenters. The van der Waals surface area contributed by atoms with Gasteiger partial charge in [-0.2, -0.15) is 0 Å². The maximum Gasteiger partial charge on any atom is 0.164 e. The van der Waals surface area contributed by atoms with Crippen LogP contribution in [0.1, 0.15) is 12.3 Å². The maximum atomic E-state index is 9.36. The van der Waals surface area contributed by atoms with Crippen LogP contribution in [0.5, 0.6) is 0 Å². The van der Waals surface area contributed by atoms with Crippen LogP contribution < -0.4 is 0 Å². The molecule has 0 radical (unpaired) electrons. The Morgan fingerprint density at radius 2 is 0.873 bits per heavy atom. The summed E-state index contributed by atoms with van der Waals surface area (Å²) in [7, 11) is 0. The number of hydrogen-bond acceptors (Lipinski definition) is 4. The molecule has 55 heavy (non-hydrogen) atoms. The van der Waals surface area contributed by atoms with Crippen LogP contribution in [0.3, 0.4) is 0 Å². The number of nitrogens with zero attached hydrogens (tertiary/aromatic N) is 3. The van der Waals surface area contributed by atoms with E-state index in [0.717, 1.165) is 33.4 Å². The molecule has 0 saturated carbocycles. The van der Waals surface area contributed by atoms with Crippen LogP contribution in [-0.2, 0) is 0 Å². The maximum absolute atomic E-state index is 9.36. The van der Waals surface area contributed by atoms with Crippen LogP contribution in [0.15, 0.2) is 204 Å². The molecule has 0 spiro atoms. The van der Waals surface area contributed by atoms with E-state index in [4.69, 9.17) is 30.3 Å². The minimum absolute atomic E-state index is 0.0848. The third-order valence-electron chi connectivity index (χ3n) is 9.54. The Morgan fingerprint density at radius 1 is 0.364 bits per heavy atom. The molecular weight excluding hydrogens is 671 g/mol. The second-order valence-electron chi connectivity index (χ2n) is 12.9. The lowest BCUT2D eigenvalue weighted by Crippen LogP contribution is -2.00. The zero-order valence-electron chi connectivity index (χ0n) is 38.1. The molecule has 0 aliphatic rings. The predicted octanol–water partition coefficient (Wildman–Crippen LogP) is 13.4. The molecule has 8 aromatic carbocycles. The summed E-state index contributed by atoms with van der Waals surface area (Å²) in [6, 6.07) is 41.9. The van der Waals surface area contributed by atoms with E-state index in [1.54, 1.807) is 18.2 Å². The smallest absolute Gasteiger partial charge is 0.164 e. The first-order valence-corrected chi connectivity index (χ1v) is 17.7. The van der Waals surface area contributed by atoms with Crippen molar-refractivity contribution in [3.63, 3.8) is 0 Å². The minimum Gasteiger partial charge on any atom is -0.455 e. The number of furan rings is 1. The molecule has 0 aliphatic carbocycles. The molecule has 0 atom stereocenters. The molecule has 0 aliphatic heterocycles. The molecule has 4 nitrogen and oxygen atoms in total. The molecular formula is C51H33N3O. The van der Waals surface area contributed by atoms with Gasteiger partial charge in [0, 0.05) is 33.0 Å². The number of rotatable bonds is 7. The van der Waals surface area contributed by atoms with Gasteiger partial charge in [-0.15, -0.1) is 0 Å². The molecule has 10 aromatic rings. The largest absolute Gasteiger partial charge is 0.455 e.